The molecule has 134 valence electrons. The first kappa shape index (κ1) is 16.6. The second-order valence-corrected chi connectivity index (χ2v) is 7.17. The highest BCUT2D eigenvalue weighted by Gasteiger charge is 2.22. The summed E-state index contributed by atoms with van der Waals surface area (Å²) in [6, 6.07) is 6.92. The summed E-state index contributed by atoms with van der Waals surface area (Å²) in [5.41, 5.74) is 2.97. The molecule has 4 nitrogen and oxygen atoms in total. The molecule has 0 atom stereocenters. The van der Waals surface area contributed by atoms with Gasteiger partial charge in [0.1, 0.15) is 17.3 Å². The first-order valence-electron chi connectivity index (χ1n) is 9.65. The molecule has 1 saturated heterocycles. The van der Waals surface area contributed by atoms with Crippen LogP contribution < -0.4 is 5.32 Å². The van der Waals surface area contributed by atoms with Gasteiger partial charge in [-0.05, 0) is 57.3 Å². The molecule has 5 heteroatoms. The summed E-state index contributed by atoms with van der Waals surface area (Å²) in [6.45, 7) is 4.39. The van der Waals surface area contributed by atoms with Crippen molar-refractivity contribution < 1.29 is 4.39 Å². The van der Waals surface area contributed by atoms with Crippen LogP contribution in [0, 0.1) is 5.82 Å². The zero-order chi connectivity index (χ0) is 17.1. The number of hydrogen-bond acceptors (Lipinski definition) is 3. The third-order valence-electron chi connectivity index (χ3n) is 5.41. The minimum absolute atomic E-state index is 0.221. The van der Waals surface area contributed by atoms with E-state index in [2.05, 4.69) is 10.2 Å². The predicted molar refractivity (Wildman–Crippen MR) is 98.9 cm³/mol. The predicted octanol–water partition coefficient (Wildman–Crippen LogP) is 3.79. The van der Waals surface area contributed by atoms with Crippen molar-refractivity contribution in [3.63, 3.8) is 0 Å². The van der Waals surface area contributed by atoms with Gasteiger partial charge in [0.25, 0.3) is 0 Å². The van der Waals surface area contributed by atoms with Gasteiger partial charge in [0, 0.05) is 25.1 Å². The van der Waals surface area contributed by atoms with E-state index in [0.29, 0.717) is 5.69 Å². The monoisotopic (exact) mass is 342 g/mol. The molecule has 1 aromatic heterocycles. The van der Waals surface area contributed by atoms with E-state index in [9.17, 15) is 4.39 Å². The van der Waals surface area contributed by atoms with Crippen LogP contribution in [0.4, 0.5) is 10.2 Å². The topological polar surface area (TPSA) is 33.1 Å². The molecular weight excluding hydrogens is 315 g/mol. The normalized spacial score (nSPS) is 18.4. The Morgan fingerprint density at radius 2 is 1.88 bits per heavy atom. The Morgan fingerprint density at radius 1 is 1.04 bits per heavy atom. The maximum Gasteiger partial charge on any atom is 0.148 e. The number of nitrogens with zero attached hydrogens (tertiary/aromatic N) is 3. The van der Waals surface area contributed by atoms with Crippen molar-refractivity contribution in [2.45, 2.75) is 44.9 Å². The SMILES string of the molecule is Fc1ccccc1-n1nc(CCN2CCCCC2)c2c1NCCCC2. The van der Waals surface area contributed by atoms with Crippen molar-refractivity contribution in [1.29, 1.82) is 0 Å². The molecule has 0 bridgehead atoms. The molecule has 1 fully saturated rings. The molecule has 4 rings (SSSR count). The lowest BCUT2D eigenvalue weighted by Crippen LogP contribution is -2.31. The largest absolute Gasteiger partial charge is 0.370 e. The summed E-state index contributed by atoms with van der Waals surface area (Å²) >= 11 is 0. The number of likely N-dealkylation sites (tertiary alicyclic amines) is 1. The maximum atomic E-state index is 14.3. The van der Waals surface area contributed by atoms with E-state index in [0.717, 1.165) is 43.9 Å². The summed E-state index contributed by atoms with van der Waals surface area (Å²) in [5, 5.41) is 8.33. The number of aromatic nitrogens is 2. The average Bonchev–Trinajstić information content (AvgIpc) is 2.81. The van der Waals surface area contributed by atoms with Gasteiger partial charge in [0.05, 0.1) is 5.69 Å². The van der Waals surface area contributed by atoms with Crippen molar-refractivity contribution in [2.75, 3.05) is 31.5 Å². The van der Waals surface area contributed by atoms with E-state index in [1.54, 1.807) is 10.7 Å². The van der Waals surface area contributed by atoms with Crippen molar-refractivity contribution in [2.24, 2.45) is 0 Å². The standard InChI is InChI=1S/C20H27FN4/c21-17-9-2-3-10-19(17)25-20-16(8-4-5-12-22-20)18(23-25)11-15-24-13-6-1-7-14-24/h2-3,9-10,22H,1,4-8,11-15H2. The zero-order valence-electron chi connectivity index (χ0n) is 14.8. The Labute approximate surface area is 149 Å². The zero-order valence-corrected chi connectivity index (χ0v) is 14.8. The van der Waals surface area contributed by atoms with Crippen LogP contribution in [0.15, 0.2) is 24.3 Å². The van der Waals surface area contributed by atoms with Crippen molar-refractivity contribution in [1.82, 2.24) is 14.7 Å². The lowest BCUT2D eigenvalue weighted by Gasteiger charge is -2.26. The second kappa shape index (κ2) is 7.56. The number of piperidine rings is 1. The number of fused-ring (bicyclic) bond motifs is 1. The average molecular weight is 342 g/mol. The Kier molecular flexibility index (Phi) is 5.02. The van der Waals surface area contributed by atoms with Gasteiger partial charge in [0.2, 0.25) is 0 Å². The third-order valence-corrected chi connectivity index (χ3v) is 5.41. The van der Waals surface area contributed by atoms with Crippen molar-refractivity contribution in [3.05, 3.63) is 41.3 Å². The van der Waals surface area contributed by atoms with Crippen LogP contribution in [0.3, 0.4) is 0 Å². The van der Waals surface area contributed by atoms with Gasteiger partial charge in [-0.25, -0.2) is 9.07 Å². The van der Waals surface area contributed by atoms with Gasteiger partial charge in [-0.1, -0.05) is 18.6 Å². The number of benzene rings is 1. The van der Waals surface area contributed by atoms with Gasteiger partial charge < -0.3 is 10.2 Å². The van der Waals surface area contributed by atoms with Crippen LogP contribution in [0.2, 0.25) is 0 Å². The molecule has 1 N–H and O–H groups in total. The first-order chi connectivity index (χ1) is 12.3. The fraction of sp³-hybridized carbons (Fsp3) is 0.550. The third kappa shape index (κ3) is 3.56. The van der Waals surface area contributed by atoms with Gasteiger partial charge in [-0.2, -0.15) is 5.10 Å². The molecule has 2 aromatic rings. The number of rotatable bonds is 4. The van der Waals surface area contributed by atoms with Gasteiger partial charge in [0.15, 0.2) is 0 Å². The van der Waals surface area contributed by atoms with Crippen molar-refractivity contribution >= 4 is 5.82 Å². The molecule has 0 aliphatic carbocycles. The fourth-order valence-corrected chi connectivity index (χ4v) is 4.02. The van der Waals surface area contributed by atoms with E-state index < -0.39 is 0 Å². The van der Waals surface area contributed by atoms with Crippen LogP contribution in [-0.2, 0) is 12.8 Å². The molecule has 0 saturated carbocycles. The van der Waals surface area contributed by atoms with Gasteiger partial charge in [-0.3, -0.25) is 0 Å². The number of para-hydroxylation sites is 1. The molecule has 25 heavy (non-hydrogen) atoms. The van der Waals surface area contributed by atoms with Crippen LogP contribution in [0.5, 0.6) is 0 Å². The smallest absolute Gasteiger partial charge is 0.148 e. The summed E-state index contributed by atoms with van der Waals surface area (Å²) in [7, 11) is 0. The summed E-state index contributed by atoms with van der Waals surface area (Å²) in [4.78, 5) is 2.54. The molecule has 2 aliphatic rings. The summed E-state index contributed by atoms with van der Waals surface area (Å²) in [6.07, 6.45) is 8.28. The minimum Gasteiger partial charge on any atom is -0.370 e. The molecule has 0 radical (unpaired) electrons. The fourth-order valence-electron chi connectivity index (χ4n) is 4.02. The lowest BCUT2D eigenvalue weighted by atomic mass is 10.1. The number of anilines is 1. The van der Waals surface area contributed by atoms with E-state index in [1.165, 1.54) is 50.4 Å². The molecule has 3 heterocycles. The van der Waals surface area contributed by atoms with Crippen LogP contribution in [-0.4, -0.2) is 40.9 Å². The van der Waals surface area contributed by atoms with E-state index in [-0.39, 0.29) is 5.82 Å². The Bertz CT molecular complexity index is 718. The number of hydrogen-bond donors (Lipinski definition) is 1. The lowest BCUT2D eigenvalue weighted by molar-refractivity contribution is 0.230. The molecule has 2 aliphatic heterocycles. The van der Waals surface area contributed by atoms with Crippen LogP contribution >= 0.6 is 0 Å². The van der Waals surface area contributed by atoms with Gasteiger partial charge >= 0.3 is 0 Å². The molecule has 0 unspecified atom stereocenters. The van der Waals surface area contributed by atoms with Gasteiger partial charge in [-0.15, -0.1) is 0 Å². The highest BCUT2D eigenvalue weighted by Crippen LogP contribution is 2.29. The highest BCUT2D eigenvalue weighted by atomic mass is 19.1. The minimum atomic E-state index is -0.221. The Hall–Kier alpha value is -1.88. The molecule has 0 amide bonds. The first-order valence-corrected chi connectivity index (χ1v) is 9.65. The van der Waals surface area contributed by atoms with E-state index >= 15 is 0 Å². The molecule has 1 aromatic carbocycles. The second-order valence-electron chi connectivity index (χ2n) is 7.17. The Morgan fingerprint density at radius 3 is 2.72 bits per heavy atom. The Balaban J connectivity index is 1.63. The van der Waals surface area contributed by atoms with Crippen molar-refractivity contribution in [3.8, 4) is 5.69 Å². The van der Waals surface area contributed by atoms with E-state index in [1.807, 2.05) is 12.1 Å². The molecular formula is C20H27FN4. The van der Waals surface area contributed by atoms with Crippen LogP contribution in [0.1, 0.15) is 43.4 Å². The summed E-state index contributed by atoms with van der Waals surface area (Å²) < 4.78 is 16.1. The van der Waals surface area contributed by atoms with E-state index in [4.69, 9.17) is 5.10 Å². The maximum absolute atomic E-state index is 14.3. The number of halogens is 1. The highest BCUT2D eigenvalue weighted by molar-refractivity contribution is 5.54. The van der Waals surface area contributed by atoms with Crippen LogP contribution in [0.25, 0.3) is 5.69 Å². The summed E-state index contributed by atoms with van der Waals surface area (Å²) in [5.74, 6) is 0.776. The number of nitrogens with one attached hydrogen (secondary N) is 1. The quantitative estimate of drug-likeness (QED) is 0.918. The molecule has 0 spiro atoms.